The molecule has 4 aromatic carbocycles. The van der Waals surface area contributed by atoms with Crippen molar-refractivity contribution < 1.29 is 24.2 Å². The van der Waals surface area contributed by atoms with Crippen LogP contribution >= 0.6 is 0 Å². The molecule has 0 radical (unpaired) electrons. The van der Waals surface area contributed by atoms with Crippen molar-refractivity contribution in [1.82, 2.24) is 10.6 Å². The number of carbonyl (C=O) groups excluding carboxylic acids is 2. The standard InChI is InChI=1S/C31H28N2O5/c34-28(33-21-30(36)37)20-32-29(35)22-38-27-18-16-26(17-19-27)31(23-10-4-1-5-11-23,24-12-6-2-7-13-24)25-14-8-3-9-15-25/h1-19H,20-22H2,(H,32,35)(H,33,34)(H,36,37). The van der Waals surface area contributed by atoms with Crippen LogP contribution in [0.2, 0.25) is 0 Å². The second kappa shape index (κ2) is 12.4. The Labute approximate surface area is 221 Å². The molecule has 7 heteroatoms. The smallest absolute Gasteiger partial charge is 0.322 e. The summed E-state index contributed by atoms with van der Waals surface area (Å²) in [6, 6.07) is 38.6. The SMILES string of the molecule is O=C(O)CNC(=O)CNC(=O)COc1ccc(C(c2ccccc2)(c2ccccc2)c2ccccc2)cc1. The lowest BCUT2D eigenvalue weighted by atomic mass is 9.65. The molecule has 192 valence electrons. The molecule has 0 aromatic heterocycles. The van der Waals surface area contributed by atoms with Crippen LogP contribution in [0.1, 0.15) is 22.3 Å². The zero-order valence-corrected chi connectivity index (χ0v) is 20.7. The first-order valence-electron chi connectivity index (χ1n) is 12.1. The zero-order chi connectivity index (χ0) is 26.8. The Hall–Kier alpha value is -4.91. The lowest BCUT2D eigenvalue weighted by Crippen LogP contribution is -2.40. The van der Waals surface area contributed by atoms with E-state index in [4.69, 9.17) is 9.84 Å². The van der Waals surface area contributed by atoms with Crippen molar-refractivity contribution in [1.29, 1.82) is 0 Å². The average molecular weight is 509 g/mol. The van der Waals surface area contributed by atoms with E-state index >= 15 is 0 Å². The summed E-state index contributed by atoms with van der Waals surface area (Å²) in [6.45, 7) is -1.12. The number of carbonyl (C=O) groups is 3. The van der Waals surface area contributed by atoms with Crippen molar-refractivity contribution in [2.24, 2.45) is 0 Å². The summed E-state index contributed by atoms with van der Waals surface area (Å²) in [4.78, 5) is 34.2. The highest BCUT2D eigenvalue weighted by molar-refractivity contribution is 5.87. The fraction of sp³-hybridized carbons (Fsp3) is 0.129. The highest BCUT2D eigenvalue weighted by Crippen LogP contribution is 2.45. The predicted molar refractivity (Wildman–Crippen MR) is 144 cm³/mol. The quantitative estimate of drug-likeness (QED) is 0.268. The van der Waals surface area contributed by atoms with Gasteiger partial charge in [-0.15, -0.1) is 0 Å². The van der Waals surface area contributed by atoms with Crippen LogP contribution in [-0.2, 0) is 19.8 Å². The first kappa shape index (κ1) is 26.2. The molecule has 0 aliphatic heterocycles. The topological polar surface area (TPSA) is 105 Å². The Balaban J connectivity index is 1.58. The van der Waals surface area contributed by atoms with Gasteiger partial charge in [0.2, 0.25) is 5.91 Å². The number of rotatable bonds is 11. The number of nitrogens with one attached hydrogen (secondary N) is 2. The van der Waals surface area contributed by atoms with E-state index in [1.54, 1.807) is 0 Å². The molecule has 38 heavy (non-hydrogen) atoms. The summed E-state index contributed by atoms with van der Waals surface area (Å²) < 4.78 is 5.65. The minimum absolute atomic E-state index is 0.285. The molecule has 0 atom stereocenters. The fourth-order valence-corrected chi connectivity index (χ4v) is 4.48. The number of hydrogen-bond acceptors (Lipinski definition) is 4. The van der Waals surface area contributed by atoms with Gasteiger partial charge in [0.05, 0.1) is 12.0 Å². The normalized spacial score (nSPS) is 10.8. The van der Waals surface area contributed by atoms with Gasteiger partial charge in [-0.3, -0.25) is 14.4 Å². The maximum atomic E-state index is 12.1. The van der Waals surface area contributed by atoms with E-state index in [1.165, 1.54) is 0 Å². The molecule has 4 rings (SSSR count). The van der Waals surface area contributed by atoms with Gasteiger partial charge in [-0.1, -0.05) is 103 Å². The highest BCUT2D eigenvalue weighted by Gasteiger charge is 2.38. The van der Waals surface area contributed by atoms with Gasteiger partial charge in [-0.25, -0.2) is 0 Å². The van der Waals surface area contributed by atoms with Gasteiger partial charge < -0.3 is 20.5 Å². The Morgan fingerprint density at radius 1 is 0.579 bits per heavy atom. The van der Waals surface area contributed by atoms with Crippen molar-refractivity contribution in [3.05, 3.63) is 138 Å². The molecule has 0 aliphatic rings. The van der Waals surface area contributed by atoms with Crippen molar-refractivity contribution in [3.63, 3.8) is 0 Å². The van der Waals surface area contributed by atoms with Crippen molar-refractivity contribution in [2.75, 3.05) is 19.7 Å². The first-order valence-corrected chi connectivity index (χ1v) is 12.1. The summed E-state index contributed by atoms with van der Waals surface area (Å²) in [6.07, 6.45) is 0. The van der Waals surface area contributed by atoms with Crippen LogP contribution in [0.4, 0.5) is 0 Å². The second-order valence-corrected chi connectivity index (χ2v) is 8.61. The number of carboxylic acid groups (broad SMARTS) is 1. The molecule has 0 fully saturated rings. The van der Waals surface area contributed by atoms with Gasteiger partial charge in [0.15, 0.2) is 6.61 Å². The maximum Gasteiger partial charge on any atom is 0.322 e. The third-order valence-electron chi connectivity index (χ3n) is 6.16. The van der Waals surface area contributed by atoms with Gasteiger partial charge >= 0.3 is 5.97 Å². The largest absolute Gasteiger partial charge is 0.484 e. The van der Waals surface area contributed by atoms with Crippen LogP contribution in [0.25, 0.3) is 0 Å². The Morgan fingerprint density at radius 2 is 1.00 bits per heavy atom. The predicted octanol–water partition coefficient (Wildman–Crippen LogP) is 3.77. The van der Waals surface area contributed by atoms with Gasteiger partial charge in [0.25, 0.3) is 5.91 Å². The van der Waals surface area contributed by atoms with Crippen LogP contribution < -0.4 is 15.4 Å². The zero-order valence-electron chi connectivity index (χ0n) is 20.7. The first-order chi connectivity index (χ1) is 18.5. The molecule has 0 unspecified atom stereocenters. The van der Waals surface area contributed by atoms with E-state index in [1.807, 2.05) is 78.9 Å². The number of hydrogen-bond donors (Lipinski definition) is 3. The Bertz CT molecular complexity index is 1260. The van der Waals surface area contributed by atoms with Crippen molar-refractivity contribution in [3.8, 4) is 5.75 Å². The molecule has 3 N–H and O–H groups in total. The van der Waals surface area contributed by atoms with Crippen LogP contribution in [-0.4, -0.2) is 42.6 Å². The van der Waals surface area contributed by atoms with Crippen LogP contribution in [0.5, 0.6) is 5.75 Å². The second-order valence-electron chi connectivity index (χ2n) is 8.61. The van der Waals surface area contributed by atoms with E-state index in [0.29, 0.717) is 5.75 Å². The molecule has 0 aliphatic carbocycles. The molecule has 0 heterocycles. The van der Waals surface area contributed by atoms with Crippen molar-refractivity contribution >= 4 is 17.8 Å². The van der Waals surface area contributed by atoms with Crippen LogP contribution in [0.15, 0.2) is 115 Å². The Morgan fingerprint density at radius 3 is 1.45 bits per heavy atom. The van der Waals surface area contributed by atoms with Crippen LogP contribution in [0, 0.1) is 0 Å². The van der Waals surface area contributed by atoms with Crippen LogP contribution in [0.3, 0.4) is 0 Å². The van der Waals surface area contributed by atoms with Gasteiger partial charge in [0.1, 0.15) is 12.3 Å². The van der Waals surface area contributed by atoms with E-state index < -0.39 is 29.7 Å². The highest BCUT2D eigenvalue weighted by atomic mass is 16.5. The summed E-state index contributed by atoms with van der Waals surface area (Å²) in [5.74, 6) is -1.74. The summed E-state index contributed by atoms with van der Waals surface area (Å²) in [5, 5.41) is 13.2. The van der Waals surface area contributed by atoms with Gasteiger partial charge in [0, 0.05) is 0 Å². The third-order valence-corrected chi connectivity index (χ3v) is 6.16. The summed E-state index contributed by atoms with van der Waals surface area (Å²) in [5.41, 5.74) is 3.81. The molecule has 0 saturated carbocycles. The number of amides is 2. The fourth-order valence-electron chi connectivity index (χ4n) is 4.48. The molecular weight excluding hydrogens is 480 g/mol. The number of carboxylic acids is 1. The molecule has 4 aromatic rings. The minimum Gasteiger partial charge on any atom is -0.484 e. The van der Waals surface area contributed by atoms with E-state index in [2.05, 4.69) is 47.0 Å². The third kappa shape index (κ3) is 6.07. The van der Waals surface area contributed by atoms with Gasteiger partial charge in [-0.05, 0) is 34.4 Å². The molecule has 0 bridgehead atoms. The molecular formula is C31H28N2O5. The van der Waals surface area contributed by atoms with Crippen molar-refractivity contribution in [2.45, 2.75) is 5.41 Å². The molecule has 0 spiro atoms. The van der Waals surface area contributed by atoms with E-state index in [0.717, 1.165) is 22.3 Å². The molecule has 2 amide bonds. The van der Waals surface area contributed by atoms with E-state index in [9.17, 15) is 14.4 Å². The maximum absolute atomic E-state index is 12.1. The Kier molecular flexibility index (Phi) is 8.51. The lowest BCUT2D eigenvalue weighted by Gasteiger charge is -2.36. The van der Waals surface area contributed by atoms with Gasteiger partial charge in [-0.2, -0.15) is 0 Å². The summed E-state index contributed by atoms with van der Waals surface area (Å²) >= 11 is 0. The number of ether oxygens (including phenoxy) is 1. The molecule has 7 nitrogen and oxygen atoms in total. The van der Waals surface area contributed by atoms with E-state index in [-0.39, 0.29) is 13.2 Å². The monoisotopic (exact) mass is 508 g/mol. The summed E-state index contributed by atoms with van der Waals surface area (Å²) in [7, 11) is 0. The average Bonchev–Trinajstić information content (AvgIpc) is 2.96. The molecule has 0 saturated heterocycles. The lowest BCUT2D eigenvalue weighted by molar-refractivity contribution is -0.137. The number of aliphatic carboxylic acids is 1. The number of benzene rings is 4. The minimum atomic E-state index is -1.16.